The van der Waals surface area contributed by atoms with Crippen LogP contribution in [0.3, 0.4) is 0 Å². The first kappa shape index (κ1) is 17.9. The van der Waals surface area contributed by atoms with Gasteiger partial charge in [0.2, 0.25) is 0 Å². The summed E-state index contributed by atoms with van der Waals surface area (Å²) in [7, 11) is 1.84. The summed E-state index contributed by atoms with van der Waals surface area (Å²) in [5, 5.41) is 4.54. The Kier molecular flexibility index (Phi) is 4.34. The molecule has 0 spiro atoms. The average molecular weight is 388 g/mol. The van der Waals surface area contributed by atoms with Crippen LogP contribution < -0.4 is 0 Å². The van der Waals surface area contributed by atoms with E-state index < -0.39 is 0 Å². The van der Waals surface area contributed by atoms with E-state index >= 15 is 0 Å². The summed E-state index contributed by atoms with van der Waals surface area (Å²) in [4.78, 5) is 29.1. The molecule has 1 saturated heterocycles. The summed E-state index contributed by atoms with van der Waals surface area (Å²) in [6, 6.07) is 11.9. The van der Waals surface area contributed by atoms with Gasteiger partial charge in [-0.1, -0.05) is 12.1 Å². The van der Waals surface area contributed by atoms with Gasteiger partial charge < -0.3 is 9.80 Å². The van der Waals surface area contributed by atoms with Gasteiger partial charge in [0.1, 0.15) is 0 Å². The van der Waals surface area contributed by atoms with Crippen LogP contribution in [-0.4, -0.2) is 57.9 Å². The summed E-state index contributed by atoms with van der Waals surface area (Å²) in [6.07, 6.45) is 5.86. The number of carbonyl (C=O) groups excluding carboxylic acids is 2. The first-order chi connectivity index (χ1) is 14.1. The molecule has 6 nitrogen and oxygen atoms in total. The third-order valence-electron chi connectivity index (χ3n) is 6.11. The molecular formula is C23H24N4O2. The van der Waals surface area contributed by atoms with Crippen molar-refractivity contribution < 1.29 is 9.59 Å². The topological polar surface area (TPSA) is 57.9 Å². The number of hydrogen-bond donors (Lipinski definition) is 0. The van der Waals surface area contributed by atoms with Crippen LogP contribution in [-0.2, 0) is 6.42 Å². The number of likely N-dealkylation sites (N-methyl/N-ethyl adjacent to an activating group) is 1. The Bertz CT molecular complexity index is 1110. The molecule has 0 unspecified atom stereocenters. The maximum atomic E-state index is 13.0. The standard InChI is InChI=1S/C23H24N4O2/c1-25-13-10-16-14-17(8-9-18(16)22(25)28)20-6-5-7-21-19(15-24-27(20)21)23(29)26-11-3-2-4-12-26/h5-9,14-15H,2-4,10-13H2,1H3. The molecule has 0 atom stereocenters. The minimum atomic E-state index is 0.0657. The van der Waals surface area contributed by atoms with E-state index in [4.69, 9.17) is 0 Å². The highest BCUT2D eigenvalue weighted by atomic mass is 16.2. The SMILES string of the molecule is CN1CCc2cc(-c3cccc4c(C(=O)N5CCCCC5)cnn34)ccc2C1=O. The van der Waals surface area contributed by atoms with Gasteiger partial charge in [0.15, 0.2) is 0 Å². The van der Waals surface area contributed by atoms with Gasteiger partial charge in [-0.3, -0.25) is 9.59 Å². The van der Waals surface area contributed by atoms with Gasteiger partial charge in [-0.25, -0.2) is 4.52 Å². The van der Waals surface area contributed by atoms with Crippen molar-refractivity contribution in [3.05, 3.63) is 59.3 Å². The van der Waals surface area contributed by atoms with Crippen LogP contribution in [0.2, 0.25) is 0 Å². The fraction of sp³-hybridized carbons (Fsp3) is 0.348. The molecule has 1 fully saturated rings. The lowest BCUT2D eigenvalue weighted by molar-refractivity contribution is 0.0725. The first-order valence-electron chi connectivity index (χ1n) is 10.3. The quantitative estimate of drug-likeness (QED) is 0.677. The molecule has 2 aromatic heterocycles. The van der Waals surface area contributed by atoms with Gasteiger partial charge in [0.05, 0.1) is 23.0 Å². The van der Waals surface area contributed by atoms with Gasteiger partial charge in [-0.2, -0.15) is 5.10 Å². The molecule has 2 aliphatic heterocycles. The monoisotopic (exact) mass is 388 g/mol. The molecule has 0 saturated carbocycles. The second-order valence-electron chi connectivity index (χ2n) is 7.97. The van der Waals surface area contributed by atoms with E-state index in [9.17, 15) is 9.59 Å². The van der Waals surface area contributed by atoms with Crippen LogP contribution in [0.5, 0.6) is 0 Å². The summed E-state index contributed by atoms with van der Waals surface area (Å²) in [6.45, 7) is 2.38. The molecule has 2 amide bonds. The smallest absolute Gasteiger partial charge is 0.257 e. The minimum Gasteiger partial charge on any atom is -0.341 e. The van der Waals surface area contributed by atoms with Crippen molar-refractivity contribution in [2.45, 2.75) is 25.7 Å². The van der Waals surface area contributed by atoms with E-state index in [1.54, 1.807) is 11.1 Å². The minimum absolute atomic E-state index is 0.0657. The molecule has 0 aliphatic carbocycles. The summed E-state index contributed by atoms with van der Waals surface area (Å²) >= 11 is 0. The summed E-state index contributed by atoms with van der Waals surface area (Å²) in [5.74, 6) is 0.139. The van der Waals surface area contributed by atoms with Gasteiger partial charge in [-0.05, 0) is 55.5 Å². The maximum Gasteiger partial charge on any atom is 0.257 e. The van der Waals surface area contributed by atoms with Crippen LogP contribution in [0.25, 0.3) is 16.8 Å². The van der Waals surface area contributed by atoms with Crippen LogP contribution in [0.15, 0.2) is 42.6 Å². The fourth-order valence-electron chi connectivity index (χ4n) is 4.43. The van der Waals surface area contributed by atoms with Gasteiger partial charge in [0, 0.05) is 37.8 Å². The number of carbonyl (C=O) groups is 2. The first-order valence-corrected chi connectivity index (χ1v) is 10.3. The molecule has 148 valence electrons. The number of fused-ring (bicyclic) bond motifs is 2. The van der Waals surface area contributed by atoms with Crippen molar-refractivity contribution in [3.63, 3.8) is 0 Å². The van der Waals surface area contributed by atoms with E-state index in [1.165, 1.54) is 6.42 Å². The number of aromatic nitrogens is 2. The van der Waals surface area contributed by atoms with Crippen LogP contribution in [0.4, 0.5) is 0 Å². The third-order valence-corrected chi connectivity index (χ3v) is 6.11. The normalized spacial score (nSPS) is 16.9. The maximum absolute atomic E-state index is 13.0. The Balaban J connectivity index is 1.54. The van der Waals surface area contributed by atoms with Crippen molar-refractivity contribution >= 4 is 17.3 Å². The Morgan fingerprint density at radius 1 is 1.03 bits per heavy atom. The Morgan fingerprint density at radius 3 is 2.69 bits per heavy atom. The zero-order valence-corrected chi connectivity index (χ0v) is 16.6. The predicted molar refractivity (Wildman–Crippen MR) is 111 cm³/mol. The lowest BCUT2D eigenvalue weighted by Crippen LogP contribution is -2.35. The van der Waals surface area contributed by atoms with Crippen molar-refractivity contribution in [3.8, 4) is 11.3 Å². The molecule has 5 rings (SSSR count). The Labute approximate surface area is 169 Å². The highest BCUT2D eigenvalue weighted by Crippen LogP contribution is 2.28. The van der Waals surface area contributed by atoms with Gasteiger partial charge in [-0.15, -0.1) is 0 Å². The average Bonchev–Trinajstić information content (AvgIpc) is 3.20. The number of piperidine rings is 1. The number of rotatable bonds is 2. The molecule has 1 aromatic carbocycles. The Morgan fingerprint density at radius 2 is 1.86 bits per heavy atom. The van der Waals surface area contributed by atoms with E-state index in [0.29, 0.717) is 5.56 Å². The summed E-state index contributed by atoms with van der Waals surface area (Å²) < 4.78 is 1.84. The van der Waals surface area contributed by atoms with Crippen molar-refractivity contribution in [2.24, 2.45) is 0 Å². The van der Waals surface area contributed by atoms with E-state index in [2.05, 4.69) is 11.2 Å². The number of amides is 2. The molecule has 4 heterocycles. The number of pyridine rings is 1. The third kappa shape index (κ3) is 2.99. The number of nitrogens with zero attached hydrogens (tertiary/aromatic N) is 4. The summed E-state index contributed by atoms with van der Waals surface area (Å²) in [5.41, 5.74) is 5.26. The van der Waals surface area contributed by atoms with Crippen molar-refractivity contribution in [2.75, 3.05) is 26.7 Å². The van der Waals surface area contributed by atoms with E-state index in [1.807, 2.05) is 46.8 Å². The highest BCUT2D eigenvalue weighted by molar-refractivity contribution is 6.01. The zero-order valence-electron chi connectivity index (χ0n) is 16.6. The van der Waals surface area contributed by atoms with E-state index in [-0.39, 0.29) is 11.8 Å². The van der Waals surface area contributed by atoms with Crippen LogP contribution in [0.1, 0.15) is 45.5 Å². The molecule has 3 aromatic rings. The molecule has 6 heteroatoms. The Hall–Kier alpha value is -3.15. The number of likely N-dealkylation sites (tertiary alicyclic amines) is 1. The van der Waals surface area contributed by atoms with Gasteiger partial charge >= 0.3 is 0 Å². The van der Waals surface area contributed by atoms with Crippen molar-refractivity contribution in [1.29, 1.82) is 0 Å². The predicted octanol–water partition coefficient (Wildman–Crippen LogP) is 3.26. The van der Waals surface area contributed by atoms with Crippen LogP contribution >= 0.6 is 0 Å². The fourth-order valence-corrected chi connectivity index (χ4v) is 4.43. The molecule has 29 heavy (non-hydrogen) atoms. The molecular weight excluding hydrogens is 364 g/mol. The number of hydrogen-bond acceptors (Lipinski definition) is 3. The lowest BCUT2D eigenvalue weighted by Gasteiger charge is -2.26. The molecule has 2 aliphatic rings. The van der Waals surface area contributed by atoms with Crippen LogP contribution in [0, 0.1) is 0 Å². The second-order valence-corrected chi connectivity index (χ2v) is 7.97. The molecule has 0 radical (unpaired) electrons. The van der Waals surface area contributed by atoms with E-state index in [0.717, 1.165) is 66.8 Å². The van der Waals surface area contributed by atoms with Crippen molar-refractivity contribution in [1.82, 2.24) is 19.4 Å². The highest BCUT2D eigenvalue weighted by Gasteiger charge is 2.24. The molecule has 0 N–H and O–H groups in total. The van der Waals surface area contributed by atoms with Gasteiger partial charge in [0.25, 0.3) is 11.8 Å². The largest absolute Gasteiger partial charge is 0.341 e. The lowest BCUT2D eigenvalue weighted by atomic mass is 9.95. The second kappa shape index (κ2) is 7.03. The molecule has 0 bridgehead atoms. The zero-order chi connectivity index (χ0) is 20.0. The number of benzene rings is 1.